The van der Waals surface area contributed by atoms with Gasteiger partial charge in [-0.05, 0) is 58.4 Å². The van der Waals surface area contributed by atoms with E-state index in [1.165, 1.54) is 38.5 Å². The second-order valence-electron chi connectivity index (χ2n) is 7.83. The molecule has 1 aliphatic rings. The lowest BCUT2D eigenvalue weighted by molar-refractivity contribution is 0.0510. The molecular weight excluding hydrogens is 276 g/mol. The molecule has 0 saturated carbocycles. The van der Waals surface area contributed by atoms with Crippen molar-refractivity contribution in [2.24, 2.45) is 11.8 Å². The Kier molecular flexibility index (Phi) is 8.23. The quantitative estimate of drug-likeness (QED) is 0.744. The molecular formula is C18H36N2O2. The fourth-order valence-corrected chi connectivity index (χ4v) is 3.33. The third-order valence-electron chi connectivity index (χ3n) is 4.31. The predicted molar refractivity (Wildman–Crippen MR) is 92.1 cm³/mol. The summed E-state index contributed by atoms with van der Waals surface area (Å²) in [6.07, 6.45) is 7.15. The van der Waals surface area contributed by atoms with Gasteiger partial charge in [-0.3, -0.25) is 0 Å². The lowest BCUT2D eigenvalue weighted by atomic mass is 9.84. The van der Waals surface area contributed by atoms with Crippen molar-refractivity contribution in [3.05, 3.63) is 0 Å². The first-order valence-electron chi connectivity index (χ1n) is 9.02. The van der Waals surface area contributed by atoms with E-state index in [0.29, 0.717) is 24.4 Å². The van der Waals surface area contributed by atoms with Crippen LogP contribution in [0.5, 0.6) is 0 Å². The Labute approximate surface area is 136 Å². The van der Waals surface area contributed by atoms with Crippen LogP contribution in [0.1, 0.15) is 73.1 Å². The molecule has 1 aliphatic heterocycles. The van der Waals surface area contributed by atoms with Crippen molar-refractivity contribution >= 4 is 6.09 Å². The molecule has 0 aromatic heterocycles. The van der Waals surface area contributed by atoms with Crippen LogP contribution in [0.4, 0.5) is 4.79 Å². The van der Waals surface area contributed by atoms with Gasteiger partial charge in [-0.25, -0.2) is 4.79 Å². The number of alkyl carbamates (subject to hydrolysis) is 1. The van der Waals surface area contributed by atoms with E-state index in [4.69, 9.17) is 4.74 Å². The molecule has 4 heteroatoms. The summed E-state index contributed by atoms with van der Waals surface area (Å²) < 4.78 is 5.36. The Bertz CT molecular complexity index is 320. The second kappa shape index (κ2) is 9.39. The van der Waals surface area contributed by atoms with E-state index in [1.54, 1.807) is 0 Å². The van der Waals surface area contributed by atoms with E-state index in [1.807, 2.05) is 20.8 Å². The van der Waals surface area contributed by atoms with Gasteiger partial charge in [0.2, 0.25) is 0 Å². The van der Waals surface area contributed by atoms with Crippen LogP contribution in [0.25, 0.3) is 0 Å². The molecule has 0 unspecified atom stereocenters. The highest BCUT2D eigenvalue weighted by Gasteiger charge is 2.26. The number of rotatable bonds is 7. The monoisotopic (exact) mass is 312 g/mol. The van der Waals surface area contributed by atoms with Crippen molar-refractivity contribution in [1.29, 1.82) is 0 Å². The average molecular weight is 312 g/mol. The third-order valence-corrected chi connectivity index (χ3v) is 4.31. The first kappa shape index (κ1) is 19.3. The number of amides is 1. The number of hydrogen-bond acceptors (Lipinski definition) is 3. The van der Waals surface area contributed by atoms with E-state index in [9.17, 15) is 4.79 Å². The maximum Gasteiger partial charge on any atom is 0.407 e. The van der Waals surface area contributed by atoms with Gasteiger partial charge < -0.3 is 15.4 Å². The average Bonchev–Trinajstić information content (AvgIpc) is 2.43. The SMILES string of the molecule is CCC[C@H](C)C[C@@H](CNC(=O)OC(C)(C)C)[C@@H]1CCCCN1. The minimum absolute atomic E-state index is 0.295. The van der Waals surface area contributed by atoms with Crippen LogP contribution in [0.3, 0.4) is 0 Å². The van der Waals surface area contributed by atoms with Gasteiger partial charge in [-0.15, -0.1) is 0 Å². The molecule has 0 aliphatic carbocycles. The Morgan fingerprint density at radius 1 is 1.36 bits per heavy atom. The molecule has 4 nitrogen and oxygen atoms in total. The second-order valence-corrected chi connectivity index (χ2v) is 7.83. The fraction of sp³-hybridized carbons (Fsp3) is 0.944. The van der Waals surface area contributed by atoms with E-state index in [-0.39, 0.29) is 6.09 Å². The van der Waals surface area contributed by atoms with Crippen molar-refractivity contribution in [3.63, 3.8) is 0 Å². The smallest absolute Gasteiger partial charge is 0.407 e. The van der Waals surface area contributed by atoms with Gasteiger partial charge in [0.05, 0.1) is 0 Å². The number of hydrogen-bond donors (Lipinski definition) is 2. The van der Waals surface area contributed by atoms with Crippen LogP contribution in [0.2, 0.25) is 0 Å². The first-order chi connectivity index (χ1) is 10.3. The maximum absolute atomic E-state index is 11.9. The normalized spacial score (nSPS) is 22.0. The van der Waals surface area contributed by atoms with Crippen LogP contribution >= 0.6 is 0 Å². The highest BCUT2D eigenvalue weighted by Crippen LogP contribution is 2.24. The van der Waals surface area contributed by atoms with Gasteiger partial charge in [0, 0.05) is 12.6 Å². The van der Waals surface area contributed by atoms with E-state index in [2.05, 4.69) is 24.5 Å². The molecule has 0 spiro atoms. The van der Waals surface area contributed by atoms with Crippen molar-refractivity contribution < 1.29 is 9.53 Å². The molecule has 0 radical (unpaired) electrons. The lowest BCUT2D eigenvalue weighted by Crippen LogP contribution is -2.46. The zero-order valence-corrected chi connectivity index (χ0v) is 15.2. The summed E-state index contributed by atoms with van der Waals surface area (Å²) in [7, 11) is 0. The number of nitrogens with one attached hydrogen (secondary N) is 2. The van der Waals surface area contributed by atoms with Gasteiger partial charge in [-0.1, -0.05) is 33.1 Å². The minimum Gasteiger partial charge on any atom is -0.444 e. The summed E-state index contributed by atoms with van der Waals surface area (Å²) in [5, 5.41) is 6.63. The molecule has 1 saturated heterocycles. The van der Waals surface area contributed by atoms with Crippen molar-refractivity contribution in [1.82, 2.24) is 10.6 Å². The van der Waals surface area contributed by atoms with Crippen LogP contribution in [-0.2, 0) is 4.74 Å². The molecule has 130 valence electrons. The minimum atomic E-state index is -0.432. The van der Waals surface area contributed by atoms with E-state index >= 15 is 0 Å². The Morgan fingerprint density at radius 2 is 2.09 bits per heavy atom. The molecule has 0 aromatic carbocycles. The summed E-state index contributed by atoms with van der Waals surface area (Å²) in [5.41, 5.74) is -0.432. The molecule has 1 amide bonds. The molecule has 0 bridgehead atoms. The zero-order valence-electron chi connectivity index (χ0n) is 15.2. The van der Waals surface area contributed by atoms with Gasteiger partial charge in [0.25, 0.3) is 0 Å². The number of carbonyl (C=O) groups is 1. The summed E-state index contributed by atoms with van der Waals surface area (Å²) in [6, 6.07) is 0.531. The predicted octanol–water partition coefficient (Wildman–Crippen LogP) is 4.10. The summed E-state index contributed by atoms with van der Waals surface area (Å²) in [4.78, 5) is 11.9. The topological polar surface area (TPSA) is 50.4 Å². The van der Waals surface area contributed by atoms with Crippen molar-refractivity contribution in [2.45, 2.75) is 84.8 Å². The van der Waals surface area contributed by atoms with Crippen LogP contribution in [0.15, 0.2) is 0 Å². The van der Waals surface area contributed by atoms with E-state index in [0.717, 1.165) is 6.54 Å². The molecule has 3 atom stereocenters. The van der Waals surface area contributed by atoms with Crippen LogP contribution in [-0.4, -0.2) is 30.8 Å². The lowest BCUT2D eigenvalue weighted by Gasteiger charge is -2.33. The van der Waals surface area contributed by atoms with Gasteiger partial charge in [-0.2, -0.15) is 0 Å². The highest BCUT2D eigenvalue weighted by atomic mass is 16.6. The maximum atomic E-state index is 11.9. The Balaban J connectivity index is 2.51. The van der Waals surface area contributed by atoms with Crippen molar-refractivity contribution in [3.8, 4) is 0 Å². The molecule has 1 rings (SSSR count). The molecule has 1 heterocycles. The molecule has 22 heavy (non-hydrogen) atoms. The van der Waals surface area contributed by atoms with Gasteiger partial charge in [0.1, 0.15) is 5.60 Å². The zero-order chi connectivity index (χ0) is 16.6. The number of piperidine rings is 1. The molecule has 2 N–H and O–H groups in total. The first-order valence-corrected chi connectivity index (χ1v) is 9.02. The molecule has 1 fully saturated rings. The highest BCUT2D eigenvalue weighted by molar-refractivity contribution is 5.67. The largest absolute Gasteiger partial charge is 0.444 e. The number of ether oxygens (including phenoxy) is 1. The van der Waals surface area contributed by atoms with Crippen molar-refractivity contribution in [2.75, 3.05) is 13.1 Å². The fourth-order valence-electron chi connectivity index (χ4n) is 3.33. The van der Waals surface area contributed by atoms with Gasteiger partial charge in [0.15, 0.2) is 0 Å². The number of carbonyl (C=O) groups excluding carboxylic acids is 1. The van der Waals surface area contributed by atoms with Crippen LogP contribution in [0, 0.1) is 11.8 Å². The van der Waals surface area contributed by atoms with Crippen LogP contribution < -0.4 is 10.6 Å². The summed E-state index contributed by atoms with van der Waals surface area (Å²) in [6.45, 7) is 12.1. The molecule has 0 aromatic rings. The standard InChI is InChI=1S/C18H36N2O2/c1-6-9-14(2)12-15(16-10-7-8-11-19-16)13-20-17(21)22-18(3,4)5/h14-16,19H,6-13H2,1-5H3,(H,20,21)/t14-,15-,16-/m0/s1. The Hall–Kier alpha value is -0.770. The Morgan fingerprint density at radius 3 is 2.64 bits per heavy atom. The van der Waals surface area contributed by atoms with Gasteiger partial charge >= 0.3 is 6.09 Å². The third kappa shape index (κ3) is 8.02. The van der Waals surface area contributed by atoms with E-state index < -0.39 is 5.60 Å². The summed E-state index contributed by atoms with van der Waals surface area (Å²) in [5.74, 6) is 1.20. The summed E-state index contributed by atoms with van der Waals surface area (Å²) >= 11 is 0.